The molecule has 1 fully saturated rings. The van der Waals surface area contributed by atoms with Crippen molar-refractivity contribution < 1.29 is 19.1 Å². The van der Waals surface area contributed by atoms with Crippen LogP contribution in [0.4, 0.5) is 0 Å². The summed E-state index contributed by atoms with van der Waals surface area (Å²) >= 11 is 1.67. The fourth-order valence-corrected chi connectivity index (χ4v) is 4.44. The maximum absolute atomic E-state index is 13.0. The summed E-state index contributed by atoms with van der Waals surface area (Å²) in [4.78, 5) is 30.6. The van der Waals surface area contributed by atoms with Gasteiger partial charge in [0.05, 0.1) is 22.5 Å². The minimum atomic E-state index is -1.01. The van der Waals surface area contributed by atoms with Crippen molar-refractivity contribution >= 4 is 23.2 Å². The topological polar surface area (TPSA) is 83.6 Å². The van der Waals surface area contributed by atoms with E-state index in [9.17, 15) is 9.59 Å². The van der Waals surface area contributed by atoms with Crippen LogP contribution in [0.3, 0.4) is 0 Å². The third-order valence-corrected chi connectivity index (χ3v) is 5.79. The summed E-state index contributed by atoms with van der Waals surface area (Å²) < 4.78 is 5.32. The molecule has 1 N–H and O–H groups in total. The van der Waals surface area contributed by atoms with Crippen LogP contribution in [0.5, 0.6) is 0 Å². The quantitative estimate of drug-likeness (QED) is 0.858. The molecule has 0 aliphatic carbocycles. The van der Waals surface area contributed by atoms with Gasteiger partial charge in [-0.2, -0.15) is 0 Å². The molecule has 0 aromatic carbocycles. The molecule has 3 rings (SSSR count). The number of carboxylic acids is 1. The van der Waals surface area contributed by atoms with E-state index in [1.807, 2.05) is 4.90 Å². The minimum Gasteiger partial charge on any atom is -0.481 e. The minimum absolute atomic E-state index is 0.141. The van der Waals surface area contributed by atoms with Crippen LogP contribution in [0.2, 0.25) is 0 Å². The summed E-state index contributed by atoms with van der Waals surface area (Å²) in [5.74, 6) is -0.279. The van der Waals surface area contributed by atoms with E-state index in [4.69, 9.17) is 14.5 Å². The van der Waals surface area contributed by atoms with Crippen LogP contribution >= 0.6 is 11.3 Å². The predicted octanol–water partition coefficient (Wildman–Crippen LogP) is 3.81. The fraction of sp³-hybridized carbons (Fsp3) is 0.526. The Balaban J connectivity index is 1.78. The van der Waals surface area contributed by atoms with Gasteiger partial charge in [0.25, 0.3) is 5.91 Å². The third kappa shape index (κ3) is 3.82. The predicted molar refractivity (Wildman–Crippen MR) is 98.9 cm³/mol. The lowest BCUT2D eigenvalue weighted by atomic mass is 9.97. The molecular formula is C19H24N2O4S. The van der Waals surface area contributed by atoms with Crippen LogP contribution in [0.15, 0.2) is 16.1 Å². The van der Waals surface area contributed by atoms with Gasteiger partial charge < -0.3 is 14.4 Å². The van der Waals surface area contributed by atoms with Crippen LogP contribution in [0.25, 0.3) is 0 Å². The van der Waals surface area contributed by atoms with Gasteiger partial charge in [-0.25, -0.2) is 4.98 Å². The number of furan rings is 1. The highest BCUT2D eigenvalue weighted by atomic mass is 32.1. The first-order valence-electron chi connectivity index (χ1n) is 8.90. The highest BCUT2D eigenvalue weighted by Gasteiger charge is 2.30. The average molecular weight is 376 g/mol. The zero-order chi connectivity index (χ0) is 18.8. The van der Waals surface area contributed by atoms with E-state index in [2.05, 4.69) is 19.2 Å². The first-order valence-corrected chi connectivity index (χ1v) is 9.78. The van der Waals surface area contributed by atoms with Crippen molar-refractivity contribution in [2.24, 2.45) is 0 Å². The molecule has 1 unspecified atom stereocenters. The lowest BCUT2D eigenvalue weighted by Crippen LogP contribution is -2.39. The molecule has 0 bridgehead atoms. The lowest BCUT2D eigenvalue weighted by Gasteiger charge is -2.32. The summed E-state index contributed by atoms with van der Waals surface area (Å²) in [7, 11) is 0. The Morgan fingerprint density at radius 2 is 2.23 bits per heavy atom. The normalized spacial score (nSPS) is 17.7. The molecule has 0 radical (unpaired) electrons. The zero-order valence-corrected chi connectivity index (χ0v) is 16.1. The Bertz CT molecular complexity index is 808. The molecule has 0 spiro atoms. The number of carboxylic acid groups (broad SMARTS) is 1. The second kappa shape index (κ2) is 7.61. The van der Waals surface area contributed by atoms with E-state index in [-0.39, 0.29) is 24.0 Å². The van der Waals surface area contributed by atoms with Gasteiger partial charge in [0.2, 0.25) is 0 Å². The first-order chi connectivity index (χ1) is 12.4. The molecule has 1 amide bonds. The Hall–Kier alpha value is -2.15. The van der Waals surface area contributed by atoms with Gasteiger partial charge in [0, 0.05) is 30.0 Å². The van der Waals surface area contributed by atoms with Crippen LogP contribution in [0, 0.1) is 6.92 Å². The monoisotopic (exact) mass is 376 g/mol. The number of rotatable bonds is 5. The number of hydrogen-bond donors (Lipinski definition) is 1. The van der Waals surface area contributed by atoms with E-state index >= 15 is 0 Å². The van der Waals surface area contributed by atoms with Gasteiger partial charge in [-0.1, -0.05) is 13.8 Å². The highest BCUT2D eigenvalue weighted by Crippen LogP contribution is 2.32. The first kappa shape index (κ1) is 18.6. The second-order valence-electron chi connectivity index (χ2n) is 7.14. The SMILES string of the molecule is Cc1coc(CC(=O)O)c1C(=O)N1CCCC(c2nc(C(C)C)cs2)C1. The number of carbonyl (C=O) groups is 2. The Morgan fingerprint density at radius 3 is 2.88 bits per heavy atom. The summed E-state index contributed by atoms with van der Waals surface area (Å²) in [6.45, 7) is 7.32. The Morgan fingerprint density at radius 1 is 1.46 bits per heavy atom. The molecule has 3 heterocycles. The molecule has 0 saturated carbocycles. The van der Waals surface area contributed by atoms with Gasteiger partial charge in [-0.3, -0.25) is 9.59 Å². The molecular weight excluding hydrogens is 352 g/mol. The van der Waals surface area contributed by atoms with Crippen LogP contribution < -0.4 is 0 Å². The molecule has 6 nitrogen and oxygen atoms in total. The van der Waals surface area contributed by atoms with Crippen LogP contribution in [0.1, 0.15) is 70.9 Å². The lowest BCUT2D eigenvalue weighted by molar-refractivity contribution is -0.136. The molecule has 26 heavy (non-hydrogen) atoms. The number of thiazole rings is 1. The molecule has 1 saturated heterocycles. The van der Waals surface area contributed by atoms with E-state index in [0.29, 0.717) is 30.1 Å². The van der Waals surface area contributed by atoms with Gasteiger partial charge in [-0.15, -0.1) is 11.3 Å². The summed E-state index contributed by atoms with van der Waals surface area (Å²) in [6, 6.07) is 0. The van der Waals surface area contributed by atoms with Crippen molar-refractivity contribution in [2.45, 2.75) is 51.9 Å². The van der Waals surface area contributed by atoms with E-state index in [1.165, 1.54) is 6.26 Å². The average Bonchev–Trinajstić information content (AvgIpc) is 3.21. The molecule has 1 aliphatic rings. The number of aromatic nitrogens is 1. The maximum atomic E-state index is 13.0. The molecule has 2 aromatic heterocycles. The summed E-state index contributed by atoms with van der Waals surface area (Å²) in [5, 5.41) is 12.2. The molecule has 140 valence electrons. The number of nitrogens with zero attached hydrogens (tertiary/aromatic N) is 2. The van der Waals surface area contributed by atoms with Gasteiger partial charge in [0.15, 0.2) is 0 Å². The number of piperidine rings is 1. The largest absolute Gasteiger partial charge is 0.481 e. The molecule has 1 atom stereocenters. The fourth-order valence-electron chi connectivity index (χ4n) is 3.33. The van der Waals surface area contributed by atoms with E-state index in [0.717, 1.165) is 23.5 Å². The number of likely N-dealkylation sites (tertiary alicyclic amines) is 1. The van der Waals surface area contributed by atoms with Crippen molar-refractivity contribution in [3.63, 3.8) is 0 Å². The number of hydrogen-bond acceptors (Lipinski definition) is 5. The van der Waals surface area contributed by atoms with Gasteiger partial charge >= 0.3 is 5.97 Å². The number of aryl methyl sites for hydroxylation is 1. The maximum Gasteiger partial charge on any atom is 0.311 e. The molecule has 1 aliphatic heterocycles. The Labute approximate surface area is 156 Å². The molecule has 2 aromatic rings. The summed E-state index contributed by atoms with van der Waals surface area (Å²) in [5.41, 5.74) is 2.18. The second-order valence-corrected chi connectivity index (χ2v) is 8.03. The van der Waals surface area contributed by atoms with Crippen LogP contribution in [-0.2, 0) is 11.2 Å². The number of carbonyl (C=O) groups excluding carboxylic acids is 1. The molecule has 7 heteroatoms. The van der Waals surface area contributed by atoms with Crippen molar-refractivity contribution in [3.8, 4) is 0 Å². The van der Waals surface area contributed by atoms with Gasteiger partial charge in [0.1, 0.15) is 12.2 Å². The van der Waals surface area contributed by atoms with Crippen molar-refractivity contribution in [3.05, 3.63) is 39.2 Å². The van der Waals surface area contributed by atoms with Crippen LogP contribution in [-0.4, -0.2) is 40.0 Å². The highest BCUT2D eigenvalue weighted by molar-refractivity contribution is 7.09. The smallest absolute Gasteiger partial charge is 0.311 e. The van der Waals surface area contributed by atoms with E-state index in [1.54, 1.807) is 18.3 Å². The van der Waals surface area contributed by atoms with Crippen molar-refractivity contribution in [2.75, 3.05) is 13.1 Å². The number of aliphatic carboxylic acids is 1. The zero-order valence-electron chi connectivity index (χ0n) is 15.3. The Kier molecular flexibility index (Phi) is 5.46. The third-order valence-electron chi connectivity index (χ3n) is 4.77. The van der Waals surface area contributed by atoms with Crippen molar-refractivity contribution in [1.82, 2.24) is 9.88 Å². The van der Waals surface area contributed by atoms with Gasteiger partial charge in [-0.05, 0) is 25.7 Å². The van der Waals surface area contributed by atoms with Crippen molar-refractivity contribution in [1.29, 1.82) is 0 Å². The summed E-state index contributed by atoms with van der Waals surface area (Å²) in [6.07, 6.45) is 3.11. The standard InChI is InChI=1S/C19H24N2O4S/c1-11(2)14-10-26-18(20-14)13-5-4-6-21(8-13)19(24)17-12(3)9-25-15(17)7-16(22)23/h9-11,13H,4-8H2,1-3H3,(H,22,23). The van der Waals surface area contributed by atoms with E-state index < -0.39 is 5.97 Å². The number of amides is 1.